The molecule has 1 aliphatic rings. The van der Waals surface area contributed by atoms with E-state index in [1.807, 2.05) is 12.1 Å². The normalized spacial score (nSPS) is 17.5. The molecule has 17 heavy (non-hydrogen) atoms. The zero-order chi connectivity index (χ0) is 12.3. The molecule has 2 rings (SSSR count). The molecule has 1 aliphatic carbocycles. The molecule has 0 bridgehead atoms. The Morgan fingerprint density at radius 3 is 2.82 bits per heavy atom. The maximum absolute atomic E-state index is 9.95. The van der Waals surface area contributed by atoms with Crippen LogP contribution in [0.2, 0.25) is 0 Å². The molecule has 3 nitrogen and oxygen atoms in total. The summed E-state index contributed by atoms with van der Waals surface area (Å²) in [6.07, 6.45) is 4.03. The summed E-state index contributed by atoms with van der Waals surface area (Å²) in [5, 5.41) is 13.4. The van der Waals surface area contributed by atoms with Gasteiger partial charge in [-0.2, -0.15) is 0 Å². The molecular weight excluding hydrogens is 214 g/mol. The molecule has 1 aromatic carbocycles. The quantitative estimate of drug-likeness (QED) is 0.824. The predicted molar refractivity (Wildman–Crippen MR) is 68.3 cm³/mol. The molecule has 1 atom stereocenters. The number of phenols is 1. The largest absolute Gasteiger partial charge is 0.504 e. The molecule has 1 aromatic rings. The van der Waals surface area contributed by atoms with E-state index < -0.39 is 0 Å². The third-order valence-electron chi connectivity index (χ3n) is 3.77. The van der Waals surface area contributed by atoms with Crippen molar-refractivity contribution >= 4 is 0 Å². The van der Waals surface area contributed by atoms with Crippen molar-refractivity contribution in [3.8, 4) is 11.5 Å². The van der Waals surface area contributed by atoms with Crippen LogP contribution in [0, 0.1) is 5.92 Å². The average molecular weight is 235 g/mol. The fourth-order valence-electron chi connectivity index (χ4n) is 2.25. The van der Waals surface area contributed by atoms with Crippen molar-refractivity contribution in [1.82, 2.24) is 5.32 Å². The van der Waals surface area contributed by atoms with Gasteiger partial charge in [0.2, 0.25) is 0 Å². The summed E-state index contributed by atoms with van der Waals surface area (Å²) in [4.78, 5) is 0. The maximum Gasteiger partial charge on any atom is 0.162 e. The van der Waals surface area contributed by atoms with Crippen molar-refractivity contribution in [3.63, 3.8) is 0 Å². The fraction of sp³-hybridized carbons (Fsp3) is 0.571. The van der Waals surface area contributed by atoms with Gasteiger partial charge in [-0.05, 0) is 31.7 Å². The van der Waals surface area contributed by atoms with Gasteiger partial charge in [-0.3, -0.25) is 0 Å². The van der Waals surface area contributed by atoms with Crippen LogP contribution < -0.4 is 10.1 Å². The topological polar surface area (TPSA) is 41.5 Å². The smallest absolute Gasteiger partial charge is 0.162 e. The van der Waals surface area contributed by atoms with Gasteiger partial charge in [0.05, 0.1) is 7.11 Å². The van der Waals surface area contributed by atoms with E-state index in [4.69, 9.17) is 4.74 Å². The minimum absolute atomic E-state index is 0.253. The highest BCUT2D eigenvalue weighted by atomic mass is 16.5. The average Bonchev–Trinajstić information content (AvgIpc) is 2.25. The number of ether oxygens (including phenoxy) is 1. The molecular formula is C14H21NO2. The number of benzene rings is 1. The first-order valence-electron chi connectivity index (χ1n) is 6.30. The number of methoxy groups -OCH3 is 1. The lowest BCUT2D eigenvalue weighted by Gasteiger charge is -2.32. The van der Waals surface area contributed by atoms with Crippen LogP contribution in [-0.2, 0) is 6.54 Å². The third-order valence-corrected chi connectivity index (χ3v) is 3.77. The number of hydrogen-bond acceptors (Lipinski definition) is 3. The van der Waals surface area contributed by atoms with Crippen LogP contribution >= 0.6 is 0 Å². The van der Waals surface area contributed by atoms with Crippen LogP contribution in [0.5, 0.6) is 11.5 Å². The summed E-state index contributed by atoms with van der Waals surface area (Å²) in [5.41, 5.74) is 0.899. The molecule has 0 aromatic heterocycles. The molecule has 0 amide bonds. The highest BCUT2D eigenvalue weighted by Crippen LogP contribution is 2.31. The number of aromatic hydroxyl groups is 1. The number of phenolic OH excluding ortho intramolecular Hbond substituents is 1. The van der Waals surface area contributed by atoms with Gasteiger partial charge in [0.1, 0.15) is 0 Å². The third kappa shape index (κ3) is 2.72. The van der Waals surface area contributed by atoms with Gasteiger partial charge in [0.25, 0.3) is 0 Å². The van der Waals surface area contributed by atoms with Gasteiger partial charge in [0.15, 0.2) is 11.5 Å². The number of nitrogens with one attached hydrogen (secondary N) is 1. The van der Waals surface area contributed by atoms with Gasteiger partial charge in [-0.1, -0.05) is 18.6 Å². The summed E-state index contributed by atoms with van der Waals surface area (Å²) in [6, 6.07) is 6.13. The molecule has 0 radical (unpaired) electrons. The predicted octanol–water partition coefficient (Wildman–Crippen LogP) is 2.68. The van der Waals surface area contributed by atoms with Crippen LogP contribution in [0.1, 0.15) is 31.7 Å². The second-order valence-electron chi connectivity index (χ2n) is 4.83. The van der Waals surface area contributed by atoms with Crippen molar-refractivity contribution in [2.75, 3.05) is 7.11 Å². The first-order chi connectivity index (χ1) is 8.22. The van der Waals surface area contributed by atoms with E-state index in [9.17, 15) is 5.11 Å². The molecule has 0 saturated heterocycles. The van der Waals surface area contributed by atoms with E-state index in [1.165, 1.54) is 19.3 Å². The van der Waals surface area contributed by atoms with Crippen molar-refractivity contribution < 1.29 is 9.84 Å². The van der Waals surface area contributed by atoms with E-state index in [1.54, 1.807) is 13.2 Å². The summed E-state index contributed by atoms with van der Waals surface area (Å²) in [5.74, 6) is 1.60. The van der Waals surface area contributed by atoms with Crippen molar-refractivity contribution in [2.24, 2.45) is 5.92 Å². The SMILES string of the molecule is COc1cccc(CNC(C)C2CCC2)c1O. The van der Waals surface area contributed by atoms with Crippen LogP contribution in [0.25, 0.3) is 0 Å². The van der Waals surface area contributed by atoms with Gasteiger partial charge in [-0.25, -0.2) is 0 Å². The molecule has 2 N–H and O–H groups in total. The Morgan fingerprint density at radius 2 is 2.24 bits per heavy atom. The van der Waals surface area contributed by atoms with Crippen LogP contribution in [0.15, 0.2) is 18.2 Å². The summed E-state index contributed by atoms with van der Waals surface area (Å²) >= 11 is 0. The van der Waals surface area contributed by atoms with Gasteiger partial charge in [-0.15, -0.1) is 0 Å². The lowest BCUT2D eigenvalue weighted by atomic mass is 9.80. The zero-order valence-corrected chi connectivity index (χ0v) is 10.6. The van der Waals surface area contributed by atoms with E-state index in [0.29, 0.717) is 18.3 Å². The van der Waals surface area contributed by atoms with E-state index in [-0.39, 0.29) is 5.75 Å². The number of hydrogen-bond donors (Lipinski definition) is 2. The van der Waals surface area contributed by atoms with Crippen LogP contribution in [0.3, 0.4) is 0 Å². The maximum atomic E-state index is 9.95. The Kier molecular flexibility index (Phi) is 3.89. The monoisotopic (exact) mass is 235 g/mol. The molecule has 1 fully saturated rings. The van der Waals surface area contributed by atoms with E-state index >= 15 is 0 Å². The Morgan fingerprint density at radius 1 is 1.47 bits per heavy atom. The Balaban J connectivity index is 1.93. The lowest BCUT2D eigenvalue weighted by molar-refractivity contribution is 0.239. The first kappa shape index (κ1) is 12.2. The van der Waals surface area contributed by atoms with E-state index in [2.05, 4.69) is 12.2 Å². The molecule has 94 valence electrons. The van der Waals surface area contributed by atoms with Crippen molar-refractivity contribution in [3.05, 3.63) is 23.8 Å². The standard InChI is InChI=1S/C14H21NO2/c1-10(11-5-3-6-11)15-9-12-7-4-8-13(17-2)14(12)16/h4,7-8,10-11,15-16H,3,5-6,9H2,1-2H3. The van der Waals surface area contributed by atoms with Crippen LogP contribution in [0.4, 0.5) is 0 Å². The fourth-order valence-corrected chi connectivity index (χ4v) is 2.25. The highest BCUT2D eigenvalue weighted by Gasteiger charge is 2.23. The highest BCUT2D eigenvalue weighted by molar-refractivity contribution is 5.45. The first-order valence-corrected chi connectivity index (χ1v) is 6.30. The van der Waals surface area contributed by atoms with Gasteiger partial charge >= 0.3 is 0 Å². The van der Waals surface area contributed by atoms with Crippen molar-refractivity contribution in [2.45, 2.75) is 38.8 Å². The second kappa shape index (κ2) is 5.41. The molecule has 3 heteroatoms. The lowest BCUT2D eigenvalue weighted by Crippen LogP contribution is -2.36. The summed E-state index contributed by atoms with van der Waals surface area (Å²) < 4.78 is 5.09. The number of para-hydroxylation sites is 1. The van der Waals surface area contributed by atoms with Gasteiger partial charge in [0, 0.05) is 18.2 Å². The Hall–Kier alpha value is -1.22. The minimum Gasteiger partial charge on any atom is -0.504 e. The molecule has 1 saturated carbocycles. The summed E-state index contributed by atoms with van der Waals surface area (Å²) in [7, 11) is 1.57. The second-order valence-corrected chi connectivity index (χ2v) is 4.83. The Bertz CT molecular complexity index is 374. The van der Waals surface area contributed by atoms with Gasteiger partial charge < -0.3 is 15.2 Å². The number of rotatable bonds is 5. The van der Waals surface area contributed by atoms with Crippen molar-refractivity contribution in [1.29, 1.82) is 0 Å². The summed E-state index contributed by atoms with van der Waals surface area (Å²) in [6.45, 7) is 2.92. The Labute approximate surface area is 103 Å². The molecule has 1 unspecified atom stereocenters. The molecule has 0 heterocycles. The van der Waals surface area contributed by atoms with Crippen LogP contribution in [-0.4, -0.2) is 18.3 Å². The molecule has 0 spiro atoms. The minimum atomic E-state index is 0.253. The molecule has 0 aliphatic heterocycles. The van der Waals surface area contributed by atoms with E-state index in [0.717, 1.165) is 11.5 Å². The zero-order valence-electron chi connectivity index (χ0n) is 10.6.